The Morgan fingerprint density at radius 2 is 1.90 bits per heavy atom. The van der Waals surface area contributed by atoms with E-state index in [0.29, 0.717) is 19.6 Å². The molecule has 0 spiro atoms. The molecular formula is C20H28N4O5S. The van der Waals surface area contributed by atoms with Crippen molar-refractivity contribution in [2.24, 2.45) is 0 Å². The summed E-state index contributed by atoms with van der Waals surface area (Å²) in [4.78, 5) is 13.0. The fourth-order valence-electron chi connectivity index (χ4n) is 3.63. The molecule has 1 atom stereocenters. The Hall–Kier alpha value is -2.43. The third-order valence-electron chi connectivity index (χ3n) is 5.35. The summed E-state index contributed by atoms with van der Waals surface area (Å²) in [6, 6.07) is 7.55. The lowest BCUT2D eigenvalue weighted by atomic mass is 10.2. The first kappa shape index (κ1) is 22.3. The van der Waals surface area contributed by atoms with Gasteiger partial charge in [0, 0.05) is 25.7 Å². The molecule has 0 radical (unpaired) electrons. The average Bonchev–Trinajstić information content (AvgIpc) is 3.08. The molecule has 0 aliphatic carbocycles. The third-order valence-corrected chi connectivity index (χ3v) is 7.24. The minimum atomic E-state index is -3.76. The van der Waals surface area contributed by atoms with E-state index in [-0.39, 0.29) is 22.3 Å². The maximum Gasteiger partial charge on any atom is 0.293 e. The molecule has 164 valence electrons. The van der Waals surface area contributed by atoms with Crippen molar-refractivity contribution in [3.63, 3.8) is 0 Å². The van der Waals surface area contributed by atoms with Crippen LogP contribution in [-0.2, 0) is 10.0 Å². The number of sulfonamides is 1. The second-order valence-electron chi connectivity index (χ2n) is 7.63. The summed E-state index contributed by atoms with van der Waals surface area (Å²) in [5.41, 5.74) is 0.0103. The first-order chi connectivity index (χ1) is 14.3. The van der Waals surface area contributed by atoms with Crippen molar-refractivity contribution in [3.05, 3.63) is 52.5 Å². The molecule has 1 fully saturated rings. The van der Waals surface area contributed by atoms with Crippen LogP contribution < -0.4 is 5.32 Å². The van der Waals surface area contributed by atoms with E-state index in [1.54, 1.807) is 12.3 Å². The number of likely N-dealkylation sites (N-methyl/N-ethyl adjacent to an activating group) is 1. The SMILES string of the molecule is CN(C)C(CNc1ccc(S(=O)(=O)N2CCCCCC2)cc1[N+](=O)[O-])c1ccco1. The molecule has 0 amide bonds. The Kier molecular flexibility index (Phi) is 7.11. The highest BCUT2D eigenvalue weighted by atomic mass is 32.2. The zero-order valence-corrected chi connectivity index (χ0v) is 18.1. The molecule has 9 nitrogen and oxygen atoms in total. The largest absolute Gasteiger partial charge is 0.468 e. The van der Waals surface area contributed by atoms with E-state index in [4.69, 9.17) is 4.42 Å². The molecule has 1 aliphatic rings. The van der Waals surface area contributed by atoms with Crippen LogP contribution in [0.3, 0.4) is 0 Å². The molecule has 0 bridgehead atoms. The fraction of sp³-hybridized carbons (Fsp3) is 0.500. The van der Waals surface area contributed by atoms with Gasteiger partial charge in [0.2, 0.25) is 10.0 Å². The van der Waals surface area contributed by atoms with Gasteiger partial charge in [-0.2, -0.15) is 4.31 Å². The smallest absolute Gasteiger partial charge is 0.293 e. The van der Waals surface area contributed by atoms with E-state index in [2.05, 4.69) is 5.32 Å². The van der Waals surface area contributed by atoms with Gasteiger partial charge in [-0.25, -0.2) is 8.42 Å². The van der Waals surface area contributed by atoms with Gasteiger partial charge in [0.05, 0.1) is 22.1 Å². The lowest BCUT2D eigenvalue weighted by molar-refractivity contribution is -0.384. The van der Waals surface area contributed by atoms with Crippen LogP contribution >= 0.6 is 0 Å². The summed E-state index contributed by atoms with van der Waals surface area (Å²) in [6.45, 7) is 1.26. The second-order valence-corrected chi connectivity index (χ2v) is 9.57. The van der Waals surface area contributed by atoms with Gasteiger partial charge in [-0.3, -0.25) is 15.0 Å². The molecule has 0 saturated carbocycles. The number of nitrogens with zero attached hydrogens (tertiary/aromatic N) is 3. The van der Waals surface area contributed by atoms with Gasteiger partial charge in [0.25, 0.3) is 5.69 Å². The van der Waals surface area contributed by atoms with Crippen LogP contribution in [0.1, 0.15) is 37.5 Å². The van der Waals surface area contributed by atoms with Gasteiger partial charge in [0.15, 0.2) is 0 Å². The molecule has 3 rings (SSSR count). The van der Waals surface area contributed by atoms with E-state index in [1.807, 2.05) is 25.1 Å². The van der Waals surface area contributed by atoms with Crippen molar-refractivity contribution in [3.8, 4) is 0 Å². The van der Waals surface area contributed by atoms with Gasteiger partial charge in [-0.15, -0.1) is 0 Å². The van der Waals surface area contributed by atoms with Gasteiger partial charge in [-0.1, -0.05) is 12.8 Å². The Morgan fingerprint density at radius 1 is 1.20 bits per heavy atom. The lowest BCUT2D eigenvalue weighted by Crippen LogP contribution is -2.32. The van der Waals surface area contributed by atoms with Crippen LogP contribution in [0.15, 0.2) is 45.9 Å². The monoisotopic (exact) mass is 436 g/mol. The molecule has 1 aliphatic heterocycles. The molecule has 2 aromatic rings. The van der Waals surface area contributed by atoms with Gasteiger partial charge >= 0.3 is 0 Å². The van der Waals surface area contributed by atoms with Gasteiger partial charge in [0.1, 0.15) is 11.4 Å². The zero-order valence-electron chi connectivity index (χ0n) is 17.3. The predicted molar refractivity (Wildman–Crippen MR) is 114 cm³/mol. The summed E-state index contributed by atoms with van der Waals surface area (Å²) < 4.78 is 32.9. The summed E-state index contributed by atoms with van der Waals surface area (Å²) in [7, 11) is 0.0176. The van der Waals surface area contributed by atoms with E-state index in [0.717, 1.165) is 37.5 Å². The molecule has 1 aromatic heterocycles. The minimum Gasteiger partial charge on any atom is -0.468 e. The van der Waals surface area contributed by atoms with Crippen molar-refractivity contribution >= 4 is 21.4 Å². The van der Waals surface area contributed by atoms with Gasteiger partial charge < -0.3 is 9.73 Å². The number of benzene rings is 1. The van der Waals surface area contributed by atoms with Crippen molar-refractivity contribution in [1.82, 2.24) is 9.21 Å². The number of anilines is 1. The predicted octanol–water partition coefficient (Wildman–Crippen LogP) is 3.47. The average molecular weight is 437 g/mol. The summed E-state index contributed by atoms with van der Waals surface area (Å²) in [5.74, 6) is 0.732. The van der Waals surface area contributed by atoms with Crippen LogP contribution in [0.25, 0.3) is 0 Å². The Morgan fingerprint density at radius 3 is 2.47 bits per heavy atom. The summed E-state index contributed by atoms with van der Waals surface area (Å²) in [5, 5.41) is 14.7. The topological polar surface area (TPSA) is 109 Å². The Bertz CT molecular complexity index is 952. The lowest BCUT2D eigenvalue weighted by Gasteiger charge is -2.23. The number of nitrogens with one attached hydrogen (secondary N) is 1. The number of hydrogen-bond donors (Lipinski definition) is 1. The van der Waals surface area contributed by atoms with Crippen LogP contribution in [0, 0.1) is 10.1 Å². The van der Waals surface area contributed by atoms with Crippen LogP contribution in [0.4, 0.5) is 11.4 Å². The number of hydrogen-bond acceptors (Lipinski definition) is 7. The maximum absolute atomic E-state index is 13.0. The van der Waals surface area contributed by atoms with Crippen LogP contribution in [0.2, 0.25) is 0 Å². The summed E-state index contributed by atoms with van der Waals surface area (Å²) in [6.07, 6.45) is 5.19. The third kappa shape index (κ3) is 5.00. The molecule has 2 heterocycles. The maximum atomic E-state index is 13.0. The number of nitro benzene ring substituents is 1. The quantitative estimate of drug-likeness (QED) is 0.498. The molecule has 10 heteroatoms. The normalized spacial score (nSPS) is 16.9. The molecular weight excluding hydrogens is 408 g/mol. The van der Waals surface area contributed by atoms with Crippen molar-refractivity contribution in [1.29, 1.82) is 0 Å². The number of rotatable bonds is 8. The van der Waals surface area contributed by atoms with E-state index in [1.165, 1.54) is 16.4 Å². The highest BCUT2D eigenvalue weighted by Crippen LogP contribution is 2.31. The second kappa shape index (κ2) is 9.59. The van der Waals surface area contributed by atoms with Crippen molar-refractivity contribution in [2.75, 3.05) is 39.0 Å². The highest BCUT2D eigenvalue weighted by molar-refractivity contribution is 7.89. The first-order valence-electron chi connectivity index (χ1n) is 10.0. The van der Waals surface area contributed by atoms with Crippen LogP contribution in [0.5, 0.6) is 0 Å². The fourth-order valence-corrected chi connectivity index (χ4v) is 5.17. The highest BCUT2D eigenvalue weighted by Gasteiger charge is 2.28. The standard InChI is InChI=1S/C20H28N4O5S/c1-22(2)19(20-8-7-13-29-20)15-21-17-10-9-16(14-18(17)24(25)26)30(27,28)23-11-5-3-4-6-12-23/h7-10,13-14,19,21H,3-6,11-12,15H2,1-2H3. The van der Waals surface area contributed by atoms with E-state index < -0.39 is 14.9 Å². The molecule has 1 N–H and O–H groups in total. The summed E-state index contributed by atoms with van der Waals surface area (Å²) >= 11 is 0. The van der Waals surface area contributed by atoms with E-state index in [9.17, 15) is 18.5 Å². The van der Waals surface area contributed by atoms with Gasteiger partial charge in [-0.05, 0) is 51.2 Å². The molecule has 1 aromatic carbocycles. The van der Waals surface area contributed by atoms with Crippen molar-refractivity contribution in [2.45, 2.75) is 36.6 Å². The Balaban J connectivity index is 1.84. The van der Waals surface area contributed by atoms with Crippen LogP contribution in [-0.4, -0.2) is 56.3 Å². The number of furan rings is 1. The number of nitro groups is 1. The Labute approximate surface area is 176 Å². The molecule has 30 heavy (non-hydrogen) atoms. The minimum absolute atomic E-state index is 0.0446. The molecule has 1 saturated heterocycles. The first-order valence-corrected chi connectivity index (χ1v) is 11.5. The molecule has 1 unspecified atom stereocenters. The van der Waals surface area contributed by atoms with Crippen molar-refractivity contribution < 1.29 is 17.8 Å². The zero-order chi connectivity index (χ0) is 21.7. The van der Waals surface area contributed by atoms with E-state index >= 15 is 0 Å².